The Balaban J connectivity index is 1.66. The Morgan fingerprint density at radius 2 is 1.94 bits per heavy atom. The third-order valence-corrected chi connectivity index (χ3v) is 10.7. The Kier molecular flexibility index (Phi) is 12.9. The average molecular weight is 758 g/mol. The number of carbonyl (C=O) groups excluding carboxylic acids is 2. The molecule has 4 atom stereocenters. The molecule has 1 amide bonds. The van der Waals surface area contributed by atoms with Gasteiger partial charge in [0, 0.05) is 24.3 Å². The first kappa shape index (κ1) is 41.2. The number of aliphatic imine (C=N–C) groups is 1. The van der Waals surface area contributed by atoms with Crippen LogP contribution in [0.5, 0.6) is 11.5 Å². The molecule has 3 aliphatic rings. The second-order valence-corrected chi connectivity index (χ2v) is 15.8. The zero-order chi connectivity index (χ0) is 39.4. The number of benzene rings is 1. The topological polar surface area (TPSA) is 222 Å². The summed E-state index contributed by atoms with van der Waals surface area (Å²) in [6.07, 6.45) is 7.13. The Morgan fingerprint density at radius 1 is 1.25 bits per heavy atom. The number of aromatic hydroxyl groups is 1. The Bertz CT molecular complexity index is 1870. The van der Waals surface area contributed by atoms with Crippen LogP contribution in [0.25, 0.3) is 0 Å². The van der Waals surface area contributed by atoms with Crippen LogP contribution in [0.3, 0.4) is 0 Å². The monoisotopic (exact) mass is 757 g/mol. The number of hydrogen-bond donors (Lipinski definition) is 4. The van der Waals surface area contributed by atoms with Crippen LogP contribution >= 0.6 is 0 Å². The fourth-order valence-electron chi connectivity index (χ4n) is 6.76. The summed E-state index contributed by atoms with van der Waals surface area (Å²) in [6.45, 7) is 12.4. The number of β-lactam (4-membered cyclic amide) rings is 1. The molecule has 2 aliphatic heterocycles. The second kappa shape index (κ2) is 16.6. The van der Waals surface area contributed by atoms with Gasteiger partial charge in [-0.2, -0.15) is 12.7 Å². The molecule has 0 aromatic heterocycles. The Labute approximate surface area is 310 Å². The second-order valence-electron chi connectivity index (χ2n) is 14.5. The molecule has 4 rings (SSSR count). The SMILES string of the molecule is C=C(C)[C@@H]1CCC(C)=C[C@H]1c1c(O)cc(CCCCC)cc1OCN(C)C1[C@H](CC(=O)/C(=N\OC(C)(C)C(=O)O)C2=CCC(N)=N2)C(=O)N1S(=O)(=O)O. The highest BCUT2D eigenvalue weighted by Crippen LogP contribution is 2.47. The number of carbonyl (C=O) groups is 3. The van der Waals surface area contributed by atoms with Crippen LogP contribution in [0.15, 0.2) is 57.9 Å². The number of phenolic OH excluding ortho intramolecular Hbond substituents is 1. The number of nitrogens with zero attached hydrogens (tertiary/aromatic N) is 4. The molecular weight excluding hydrogens is 706 g/mol. The highest BCUT2D eigenvalue weighted by atomic mass is 32.2. The maximum absolute atomic E-state index is 13.7. The van der Waals surface area contributed by atoms with E-state index in [1.807, 2.05) is 19.9 Å². The predicted octanol–water partition coefficient (Wildman–Crippen LogP) is 4.84. The minimum Gasteiger partial charge on any atom is -0.507 e. The summed E-state index contributed by atoms with van der Waals surface area (Å²) in [5, 5.41) is 24.7. The lowest BCUT2D eigenvalue weighted by Crippen LogP contribution is -2.69. The van der Waals surface area contributed by atoms with E-state index < -0.39 is 57.8 Å². The van der Waals surface area contributed by atoms with Crippen molar-refractivity contribution in [3.05, 3.63) is 58.8 Å². The summed E-state index contributed by atoms with van der Waals surface area (Å²) in [5.74, 6) is -4.13. The van der Waals surface area contributed by atoms with Gasteiger partial charge in [-0.1, -0.05) is 48.7 Å². The average Bonchev–Trinajstić information content (AvgIpc) is 3.49. The summed E-state index contributed by atoms with van der Waals surface area (Å²) >= 11 is 0. The molecule has 1 unspecified atom stereocenters. The molecule has 0 saturated carbocycles. The molecule has 2 heterocycles. The van der Waals surface area contributed by atoms with Gasteiger partial charge in [0.1, 0.15) is 30.2 Å². The van der Waals surface area contributed by atoms with Crippen molar-refractivity contribution in [2.24, 2.45) is 27.7 Å². The molecular formula is C37H51N5O10S. The van der Waals surface area contributed by atoms with E-state index in [4.69, 9.17) is 15.3 Å². The summed E-state index contributed by atoms with van der Waals surface area (Å²) < 4.78 is 41.5. The van der Waals surface area contributed by atoms with Crippen molar-refractivity contribution >= 4 is 39.5 Å². The molecule has 1 saturated heterocycles. The lowest BCUT2D eigenvalue weighted by Gasteiger charge is -2.48. The number of Topliss-reactive ketones (excluding diaryl/α,β-unsaturated/α-hetero) is 1. The first-order valence-electron chi connectivity index (χ1n) is 17.6. The van der Waals surface area contributed by atoms with Gasteiger partial charge in [-0.25, -0.2) is 9.79 Å². The number of phenols is 1. The van der Waals surface area contributed by atoms with E-state index in [0.717, 1.165) is 48.8 Å². The van der Waals surface area contributed by atoms with Crippen LogP contribution in [0.2, 0.25) is 0 Å². The molecule has 15 nitrogen and oxygen atoms in total. The van der Waals surface area contributed by atoms with Gasteiger partial charge in [0.25, 0.3) is 0 Å². The highest BCUT2D eigenvalue weighted by Gasteiger charge is 2.56. The van der Waals surface area contributed by atoms with Crippen molar-refractivity contribution in [1.82, 2.24) is 9.21 Å². The number of ketones is 1. The van der Waals surface area contributed by atoms with Crippen LogP contribution < -0.4 is 10.5 Å². The molecule has 290 valence electrons. The van der Waals surface area contributed by atoms with E-state index in [9.17, 15) is 37.6 Å². The molecule has 1 aromatic rings. The van der Waals surface area contributed by atoms with Gasteiger partial charge in [0.15, 0.2) is 11.5 Å². The van der Waals surface area contributed by atoms with Gasteiger partial charge in [-0.05, 0) is 90.1 Å². The molecule has 1 aliphatic carbocycles. The van der Waals surface area contributed by atoms with Crippen LogP contribution in [0, 0.1) is 11.8 Å². The van der Waals surface area contributed by atoms with Crippen molar-refractivity contribution in [3.8, 4) is 11.5 Å². The minimum absolute atomic E-state index is 0.00607. The molecule has 53 heavy (non-hydrogen) atoms. The van der Waals surface area contributed by atoms with E-state index in [1.54, 1.807) is 6.07 Å². The number of aliphatic carboxylic acids is 1. The maximum Gasteiger partial charge on any atom is 0.363 e. The van der Waals surface area contributed by atoms with Gasteiger partial charge in [0.05, 0.1) is 11.6 Å². The van der Waals surface area contributed by atoms with E-state index >= 15 is 0 Å². The van der Waals surface area contributed by atoms with Crippen molar-refractivity contribution in [1.29, 1.82) is 0 Å². The quantitative estimate of drug-likeness (QED) is 0.0301. The largest absolute Gasteiger partial charge is 0.507 e. The van der Waals surface area contributed by atoms with Crippen molar-refractivity contribution < 1.29 is 47.1 Å². The summed E-state index contributed by atoms with van der Waals surface area (Å²) in [5.41, 5.74) is 7.10. The number of carboxylic acid groups (broad SMARTS) is 1. The van der Waals surface area contributed by atoms with Gasteiger partial charge in [-0.3, -0.25) is 19.0 Å². The van der Waals surface area contributed by atoms with Crippen LogP contribution in [-0.2, 0) is 35.9 Å². The first-order valence-corrected chi connectivity index (χ1v) is 19.0. The third-order valence-electron chi connectivity index (χ3n) is 9.78. The predicted molar refractivity (Wildman–Crippen MR) is 198 cm³/mol. The molecule has 0 bridgehead atoms. The number of aryl methyl sites for hydroxylation is 1. The van der Waals surface area contributed by atoms with Crippen LogP contribution in [0.1, 0.15) is 96.6 Å². The number of rotatable bonds is 18. The fourth-order valence-corrected chi connectivity index (χ4v) is 7.71. The number of amides is 1. The summed E-state index contributed by atoms with van der Waals surface area (Å²) in [7, 11) is -3.60. The number of carboxylic acids is 1. The number of hydrogen-bond acceptors (Lipinski definition) is 12. The van der Waals surface area contributed by atoms with E-state index in [0.29, 0.717) is 17.7 Å². The van der Waals surface area contributed by atoms with Crippen molar-refractivity contribution in [2.75, 3.05) is 13.8 Å². The zero-order valence-electron chi connectivity index (χ0n) is 31.2. The Morgan fingerprint density at radius 3 is 2.53 bits per heavy atom. The smallest absolute Gasteiger partial charge is 0.363 e. The lowest BCUT2D eigenvalue weighted by atomic mass is 9.73. The molecule has 1 fully saturated rings. The number of allylic oxidation sites excluding steroid dienone is 4. The lowest BCUT2D eigenvalue weighted by molar-refractivity contribution is -0.161. The standard InChI is InChI=1S/C37H51N5O10S/c1-8-9-10-11-23-17-28(43)32(25-16-22(4)12-13-24(25)21(2)3)30(18-23)51-20-41(7)34-26(35(45)42(34)53(48,49)50)19-29(44)33(27-14-15-31(38)39-27)40-52-37(5,6)36(46)47/h14,16-18,24-26,34,43H,2,8-13,15,19-20H2,1,3-7H3,(H2,38,39)(H,46,47)(H,48,49,50)/b40-33-/t24-,25+,26-,34?/m0/s1. The van der Waals surface area contributed by atoms with E-state index in [2.05, 4.69) is 29.7 Å². The number of nitrogens with two attached hydrogens (primary N) is 1. The minimum atomic E-state index is -5.07. The third kappa shape index (κ3) is 9.53. The number of amidine groups is 1. The number of ether oxygens (including phenoxy) is 1. The fraction of sp³-hybridized carbons (Fsp3) is 0.541. The Hall–Kier alpha value is -4.54. The highest BCUT2D eigenvalue weighted by molar-refractivity contribution is 7.84. The van der Waals surface area contributed by atoms with Gasteiger partial charge < -0.3 is 25.5 Å². The maximum atomic E-state index is 13.7. The molecule has 5 N–H and O–H groups in total. The van der Waals surface area contributed by atoms with Crippen LogP contribution in [0.4, 0.5) is 0 Å². The molecule has 1 aromatic carbocycles. The van der Waals surface area contributed by atoms with Crippen molar-refractivity contribution in [3.63, 3.8) is 0 Å². The van der Waals surface area contributed by atoms with E-state index in [-0.39, 0.29) is 46.6 Å². The van der Waals surface area contributed by atoms with Gasteiger partial charge in [0.2, 0.25) is 11.5 Å². The van der Waals surface area contributed by atoms with Gasteiger partial charge >= 0.3 is 16.3 Å². The zero-order valence-corrected chi connectivity index (χ0v) is 32.0. The normalized spacial score (nSPS) is 22.2. The van der Waals surface area contributed by atoms with E-state index in [1.165, 1.54) is 31.9 Å². The van der Waals surface area contributed by atoms with Gasteiger partial charge in [-0.15, -0.1) is 0 Å². The van der Waals surface area contributed by atoms with Crippen LogP contribution in [-0.4, -0.2) is 87.1 Å². The molecule has 0 radical (unpaired) electrons. The number of oxime groups is 1. The molecule has 16 heteroatoms. The molecule has 0 spiro atoms. The summed E-state index contributed by atoms with van der Waals surface area (Å²) in [6, 6.07) is 3.61. The summed E-state index contributed by atoms with van der Waals surface area (Å²) in [4.78, 5) is 49.2. The van der Waals surface area contributed by atoms with Crippen molar-refractivity contribution in [2.45, 2.75) is 104 Å². The first-order chi connectivity index (χ1) is 24.8. The number of unbranched alkanes of at least 4 members (excludes halogenated alkanes) is 2.